The molecule has 1 rings (SSSR count). The monoisotopic (exact) mass is 226 g/mol. The van der Waals surface area contributed by atoms with Crippen molar-refractivity contribution >= 4 is 17.2 Å². The molecule has 0 saturated carbocycles. The molecule has 0 saturated heterocycles. The highest BCUT2D eigenvalue weighted by Gasteiger charge is 2.13. The van der Waals surface area contributed by atoms with E-state index in [1.165, 1.54) is 4.88 Å². The molecule has 1 unspecified atom stereocenters. The molecular formula is C11H18N2OS. The van der Waals surface area contributed by atoms with E-state index in [1.807, 2.05) is 18.4 Å². The largest absolute Gasteiger partial charge is 0.355 e. The summed E-state index contributed by atoms with van der Waals surface area (Å²) in [5.41, 5.74) is 5.49. The Labute approximate surface area is 94.7 Å². The molecule has 0 bridgehead atoms. The zero-order chi connectivity index (χ0) is 11.1. The van der Waals surface area contributed by atoms with Gasteiger partial charge in [0.15, 0.2) is 0 Å². The van der Waals surface area contributed by atoms with E-state index >= 15 is 0 Å². The number of thiophene rings is 1. The summed E-state index contributed by atoms with van der Waals surface area (Å²) in [6.07, 6.45) is 1.71. The third kappa shape index (κ3) is 4.01. The van der Waals surface area contributed by atoms with Crippen LogP contribution in [0.2, 0.25) is 0 Å². The summed E-state index contributed by atoms with van der Waals surface area (Å²) in [6.45, 7) is 3.12. The van der Waals surface area contributed by atoms with Crippen molar-refractivity contribution in [2.45, 2.75) is 19.8 Å². The number of carbonyl (C=O) groups is 1. The van der Waals surface area contributed by atoms with Gasteiger partial charge in [-0.25, -0.2) is 0 Å². The van der Waals surface area contributed by atoms with Crippen molar-refractivity contribution < 1.29 is 4.79 Å². The van der Waals surface area contributed by atoms with Crippen LogP contribution in [0.5, 0.6) is 0 Å². The third-order valence-electron chi connectivity index (χ3n) is 2.40. The number of rotatable bonds is 6. The Morgan fingerprint density at radius 3 is 3.00 bits per heavy atom. The van der Waals surface area contributed by atoms with Gasteiger partial charge in [-0.2, -0.15) is 0 Å². The third-order valence-corrected chi connectivity index (χ3v) is 3.34. The van der Waals surface area contributed by atoms with Crippen LogP contribution in [-0.2, 0) is 11.2 Å². The molecule has 3 nitrogen and oxygen atoms in total. The number of hydrogen-bond donors (Lipinski definition) is 2. The lowest BCUT2D eigenvalue weighted by molar-refractivity contribution is -0.124. The van der Waals surface area contributed by atoms with Crippen molar-refractivity contribution in [3.63, 3.8) is 0 Å². The number of hydrogen-bond acceptors (Lipinski definition) is 3. The Morgan fingerprint density at radius 2 is 2.47 bits per heavy atom. The standard InChI is InChI=1S/C11H18N2OS/c1-2-9(8-12)11(14)13-6-5-10-4-3-7-15-10/h3-4,7,9H,2,5-6,8,12H2,1H3,(H,13,14). The minimum Gasteiger partial charge on any atom is -0.355 e. The molecule has 15 heavy (non-hydrogen) atoms. The van der Waals surface area contributed by atoms with Gasteiger partial charge in [0.25, 0.3) is 0 Å². The highest BCUT2D eigenvalue weighted by molar-refractivity contribution is 7.09. The molecule has 0 aromatic carbocycles. The van der Waals surface area contributed by atoms with Crippen molar-refractivity contribution in [2.24, 2.45) is 11.7 Å². The number of amides is 1. The minimum absolute atomic E-state index is 0.0339. The fourth-order valence-corrected chi connectivity index (χ4v) is 2.08. The second kappa shape index (κ2) is 6.58. The lowest BCUT2D eigenvalue weighted by Crippen LogP contribution is -2.35. The molecular weight excluding hydrogens is 208 g/mol. The maximum absolute atomic E-state index is 11.5. The molecule has 0 spiro atoms. The molecule has 1 aromatic rings. The van der Waals surface area contributed by atoms with Crippen molar-refractivity contribution in [1.82, 2.24) is 5.32 Å². The van der Waals surface area contributed by atoms with Crippen LogP contribution in [0.3, 0.4) is 0 Å². The summed E-state index contributed by atoms with van der Waals surface area (Å²) in [5, 5.41) is 4.96. The molecule has 1 aromatic heterocycles. The first-order valence-corrected chi connectivity index (χ1v) is 6.16. The van der Waals surface area contributed by atoms with Crippen molar-refractivity contribution in [1.29, 1.82) is 0 Å². The van der Waals surface area contributed by atoms with Crippen LogP contribution in [0.1, 0.15) is 18.2 Å². The average molecular weight is 226 g/mol. The second-order valence-corrected chi connectivity index (χ2v) is 4.49. The lowest BCUT2D eigenvalue weighted by Gasteiger charge is -2.11. The molecule has 1 heterocycles. The Morgan fingerprint density at radius 1 is 1.67 bits per heavy atom. The van der Waals surface area contributed by atoms with E-state index in [1.54, 1.807) is 11.3 Å². The molecule has 0 radical (unpaired) electrons. The topological polar surface area (TPSA) is 55.1 Å². The van der Waals surface area contributed by atoms with E-state index in [9.17, 15) is 4.79 Å². The zero-order valence-corrected chi connectivity index (χ0v) is 9.85. The van der Waals surface area contributed by atoms with Gasteiger partial charge in [-0.3, -0.25) is 4.79 Å². The summed E-state index contributed by atoms with van der Waals surface area (Å²) in [7, 11) is 0. The van der Waals surface area contributed by atoms with Crippen LogP contribution < -0.4 is 11.1 Å². The molecule has 84 valence electrons. The summed E-state index contributed by atoms with van der Waals surface area (Å²) in [5.74, 6) is 0.0462. The van der Waals surface area contributed by atoms with Crippen LogP contribution in [0, 0.1) is 5.92 Å². The van der Waals surface area contributed by atoms with Crippen LogP contribution in [0.25, 0.3) is 0 Å². The molecule has 1 amide bonds. The fourth-order valence-electron chi connectivity index (χ4n) is 1.37. The SMILES string of the molecule is CCC(CN)C(=O)NCCc1cccs1. The summed E-state index contributed by atoms with van der Waals surface area (Å²) >= 11 is 1.72. The number of carbonyl (C=O) groups excluding carboxylic acids is 1. The van der Waals surface area contributed by atoms with Gasteiger partial charge in [-0.1, -0.05) is 13.0 Å². The van der Waals surface area contributed by atoms with E-state index < -0.39 is 0 Å². The number of nitrogens with one attached hydrogen (secondary N) is 1. The van der Waals surface area contributed by atoms with Crippen molar-refractivity contribution in [3.05, 3.63) is 22.4 Å². The highest BCUT2D eigenvalue weighted by atomic mass is 32.1. The predicted molar refractivity (Wildman–Crippen MR) is 63.9 cm³/mol. The van der Waals surface area contributed by atoms with E-state index in [4.69, 9.17) is 5.73 Å². The van der Waals surface area contributed by atoms with Gasteiger partial charge in [0, 0.05) is 23.9 Å². The molecule has 0 aliphatic carbocycles. The van der Waals surface area contributed by atoms with Crippen LogP contribution in [-0.4, -0.2) is 19.0 Å². The van der Waals surface area contributed by atoms with Gasteiger partial charge < -0.3 is 11.1 Å². The van der Waals surface area contributed by atoms with Gasteiger partial charge in [0.1, 0.15) is 0 Å². The summed E-state index contributed by atoms with van der Waals surface area (Å²) in [4.78, 5) is 12.8. The normalized spacial score (nSPS) is 12.4. The quantitative estimate of drug-likeness (QED) is 0.770. The van der Waals surface area contributed by atoms with Gasteiger partial charge in [-0.15, -0.1) is 11.3 Å². The first kappa shape index (κ1) is 12.2. The fraction of sp³-hybridized carbons (Fsp3) is 0.545. The molecule has 4 heteroatoms. The van der Waals surface area contributed by atoms with Crippen LogP contribution in [0.15, 0.2) is 17.5 Å². The second-order valence-electron chi connectivity index (χ2n) is 3.46. The number of nitrogens with two attached hydrogens (primary N) is 1. The van der Waals surface area contributed by atoms with Crippen molar-refractivity contribution in [2.75, 3.05) is 13.1 Å². The molecule has 1 atom stereocenters. The van der Waals surface area contributed by atoms with E-state index in [2.05, 4.69) is 11.4 Å². The maximum atomic E-state index is 11.5. The van der Waals surface area contributed by atoms with Crippen LogP contribution in [0.4, 0.5) is 0 Å². The Hall–Kier alpha value is -0.870. The average Bonchev–Trinajstić information content (AvgIpc) is 2.72. The molecule has 0 aliphatic heterocycles. The maximum Gasteiger partial charge on any atom is 0.224 e. The van der Waals surface area contributed by atoms with Crippen molar-refractivity contribution in [3.8, 4) is 0 Å². The minimum atomic E-state index is -0.0339. The Kier molecular flexibility index (Phi) is 5.36. The van der Waals surface area contributed by atoms with Crippen LogP contribution >= 0.6 is 11.3 Å². The highest BCUT2D eigenvalue weighted by Crippen LogP contribution is 2.08. The lowest BCUT2D eigenvalue weighted by atomic mass is 10.1. The van der Waals surface area contributed by atoms with Gasteiger partial charge in [-0.05, 0) is 24.3 Å². The first-order chi connectivity index (χ1) is 7.27. The first-order valence-electron chi connectivity index (χ1n) is 5.28. The summed E-state index contributed by atoms with van der Waals surface area (Å²) in [6, 6.07) is 4.10. The summed E-state index contributed by atoms with van der Waals surface area (Å²) < 4.78 is 0. The molecule has 3 N–H and O–H groups in total. The van der Waals surface area contributed by atoms with Gasteiger partial charge >= 0.3 is 0 Å². The smallest absolute Gasteiger partial charge is 0.224 e. The molecule has 0 aliphatic rings. The van der Waals surface area contributed by atoms with E-state index in [0.717, 1.165) is 12.8 Å². The van der Waals surface area contributed by atoms with Gasteiger partial charge in [0.2, 0.25) is 5.91 Å². The Balaban J connectivity index is 2.22. The van der Waals surface area contributed by atoms with E-state index in [0.29, 0.717) is 13.1 Å². The zero-order valence-electron chi connectivity index (χ0n) is 9.03. The van der Waals surface area contributed by atoms with E-state index in [-0.39, 0.29) is 11.8 Å². The molecule has 0 fully saturated rings. The van der Waals surface area contributed by atoms with Gasteiger partial charge in [0.05, 0.1) is 0 Å². The predicted octanol–water partition coefficient (Wildman–Crippen LogP) is 1.39. The Bertz CT molecular complexity index is 281.